The van der Waals surface area contributed by atoms with Crippen molar-refractivity contribution in [2.75, 3.05) is 0 Å². The van der Waals surface area contributed by atoms with Gasteiger partial charge in [-0.05, 0) is 43.5 Å². The molecule has 2 aromatic heterocycles. The Labute approximate surface area is 147 Å². The molecule has 0 unspecified atom stereocenters. The Balaban J connectivity index is 1.89. The normalized spacial score (nSPS) is 15.1. The van der Waals surface area contributed by atoms with Crippen molar-refractivity contribution in [3.05, 3.63) is 57.9 Å². The van der Waals surface area contributed by atoms with Gasteiger partial charge in [-0.15, -0.1) is 0 Å². The summed E-state index contributed by atoms with van der Waals surface area (Å²) >= 11 is 6.00. The second-order valence-corrected chi connectivity index (χ2v) is 6.87. The first-order valence-corrected chi connectivity index (χ1v) is 8.40. The molecule has 3 nitrogen and oxygen atoms in total. The van der Waals surface area contributed by atoms with Crippen LogP contribution in [-0.2, 0) is 12.7 Å². The second kappa shape index (κ2) is 5.73. The van der Waals surface area contributed by atoms with Crippen molar-refractivity contribution < 1.29 is 13.2 Å². The van der Waals surface area contributed by atoms with Crippen LogP contribution in [0.2, 0.25) is 5.02 Å². The van der Waals surface area contributed by atoms with E-state index in [1.165, 1.54) is 10.7 Å². The quantitative estimate of drug-likeness (QED) is 0.627. The van der Waals surface area contributed by atoms with E-state index < -0.39 is 11.7 Å². The van der Waals surface area contributed by atoms with Crippen molar-refractivity contribution >= 4 is 22.6 Å². The van der Waals surface area contributed by atoms with Crippen molar-refractivity contribution in [3.63, 3.8) is 0 Å². The minimum absolute atomic E-state index is 0.0823. The molecule has 1 aliphatic carbocycles. The first-order valence-electron chi connectivity index (χ1n) is 8.02. The molecule has 0 aliphatic heterocycles. The number of alkyl halides is 3. The number of pyridine rings is 1. The third kappa shape index (κ3) is 3.11. The molecule has 130 valence electrons. The van der Waals surface area contributed by atoms with Crippen LogP contribution in [0.3, 0.4) is 0 Å². The second-order valence-electron chi connectivity index (χ2n) is 6.44. The van der Waals surface area contributed by atoms with Crippen molar-refractivity contribution in [3.8, 4) is 0 Å². The fourth-order valence-electron chi connectivity index (χ4n) is 3.10. The van der Waals surface area contributed by atoms with E-state index >= 15 is 0 Å². The molecule has 3 aromatic rings. The maximum Gasteiger partial charge on any atom is 0.417 e. The molecule has 0 saturated heterocycles. The third-order valence-corrected chi connectivity index (χ3v) is 4.65. The highest BCUT2D eigenvalue weighted by molar-refractivity contribution is 6.30. The molecule has 0 spiro atoms. The Morgan fingerprint density at radius 3 is 2.64 bits per heavy atom. The Kier molecular flexibility index (Phi) is 3.76. The average molecular weight is 366 g/mol. The third-order valence-electron chi connectivity index (χ3n) is 4.42. The lowest BCUT2D eigenvalue weighted by molar-refractivity contribution is -0.136. The van der Waals surface area contributed by atoms with Crippen LogP contribution in [0.5, 0.6) is 0 Å². The molecule has 1 saturated carbocycles. The molecular weight excluding hydrogens is 351 g/mol. The Hall–Kier alpha value is -2.08. The van der Waals surface area contributed by atoms with Crippen LogP contribution in [-0.4, -0.2) is 14.8 Å². The molecule has 0 atom stereocenters. The van der Waals surface area contributed by atoms with Gasteiger partial charge in [-0.25, -0.2) is 9.67 Å². The highest BCUT2D eigenvalue weighted by Gasteiger charge is 2.37. The van der Waals surface area contributed by atoms with Crippen molar-refractivity contribution in [2.45, 2.75) is 38.4 Å². The molecule has 0 bridgehead atoms. The number of aromatic nitrogens is 3. The van der Waals surface area contributed by atoms with E-state index in [2.05, 4.69) is 10.1 Å². The number of benzene rings is 1. The Morgan fingerprint density at radius 2 is 2.00 bits per heavy atom. The molecule has 0 radical (unpaired) electrons. The van der Waals surface area contributed by atoms with Gasteiger partial charge in [0.25, 0.3) is 0 Å². The zero-order valence-corrected chi connectivity index (χ0v) is 14.2. The highest BCUT2D eigenvalue weighted by atomic mass is 35.5. The number of rotatable bonds is 3. The summed E-state index contributed by atoms with van der Waals surface area (Å²) < 4.78 is 42.2. The van der Waals surface area contributed by atoms with E-state index in [0.717, 1.165) is 18.4 Å². The summed E-state index contributed by atoms with van der Waals surface area (Å²) in [6.07, 6.45) is -2.66. The van der Waals surface area contributed by atoms with E-state index in [4.69, 9.17) is 11.6 Å². The van der Waals surface area contributed by atoms with Gasteiger partial charge in [0.15, 0.2) is 5.65 Å². The molecule has 0 N–H and O–H groups in total. The predicted octanol–water partition coefficient (Wildman–Crippen LogP) is 5.34. The molecule has 4 rings (SSSR count). The summed E-state index contributed by atoms with van der Waals surface area (Å²) in [7, 11) is 0. The number of nitrogens with zero attached hydrogens (tertiary/aromatic N) is 3. The maximum atomic E-state index is 13.6. The fourth-order valence-corrected chi connectivity index (χ4v) is 3.32. The van der Waals surface area contributed by atoms with Crippen LogP contribution in [0.15, 0.2) is 30.3 Å². The Morgan fingerprint density at radius 1 is 1.24 bits per heavy atom. The van der Waals surface area contributed by atoms with Gasteiger partial charge in [0.2, 0.25) is 0 Å². The van der Waals surface area contributed by atoms with Gasteiger partial charge in [-0.1, -0.05) is 23.7 Å². The molecule has 0 amide bonds. The number of hydrogen-bond acceptors (Lipinski definition) is 2. The van der Waals surface area contributed by atoms with Crippen LogP contribution < -0.4 is 0 Å². The minimum atomic E-state index is -4.43. The summed E-state index contributed by atoms with van der Waals surface area (Å²) in [4.78, 5) is 4.52. The minimum Gasteiger partial charge on any atom is -0.243 e. The van der Waals surface area contributed by atoms with Gasteiger partial charge in [-0.2, -0.15) is 18.3 Å². The van der Waals surface area contributed by atoms with Crippen LogP contribution in [0, 0.1) is 6.92 Å². The molecule has 1 aliphatic rings. The smallest absolute Gasteiger partial charge is 0.243 e. The number of halogens is 4. The van der Waals surface area contributed by atoms with Crippen LogP contribution in [0.25, 0.3) is 11.0 Å². The topological polar surface area (TPSA) is 30.7 Å². The summed E-state index contributed by atoms with van der Waals surface area (Å²) in [6.45, 7) is 1.91. The lowest BCUT2D eigenvalue weighted by Gasteiger charge is -2.11. The lowest BCUT2D eigenvalue weighted by atomic mass is 10.1. The summed E-state index contributed by atoms with van der Waals surface area (Å²) in [5.41, 5.74) is 1.35. The zero-order chi connectivity index (χ0) is 17.8. The summed E-state index contributed by atoms with van der Waals surface area (Å²) in [5, 5.41) is 4.98. The lowest BCUT2D eigenvalue weighted by Crippen LogP contribution is -2.09. The van der Waals surface area contributed by atoms with E-state index in [9.17, 15) is 13.2 Å². The highest BCUT2D eigenvalue weighted by Crippen LogP contribution is 2.43. The molecule has 7 heteroatoms. The van der Waals surface area contributed by atoms with Crippen LogP contribution >= 0.6 is 11.6 Å². The number of fused-ring (bicyclic) bond motifs is 1. The standard InChI is InChI=1S/C18H15ClF3N3/c1-10-16-14(18(20,21)22)8-15(12-5-6-12)23-17(16)25(24-10)9-11-3-2-4-13(19)7-11/h2-4,7-8,12H,5-6,9H2,1H3. The van der Waals surface area contributed by atoms with Crippen LogP contribution in [0.1, 0.15) is 41.3 Å². The average Bonchev–Trinajstić information content (AvgIpc) is 3.33. The van der Waals surface area contributed by atoms with Crippen molar-refractivity contribution in [1.82, 2.24) is 14.8 Å². The molecule has 1 aromatic carbocycles. The van der Waals surface area contributed by atoms with E-state index in [1.807, 2.05) is 6.07 Å². The van der Waals surface area contributed by atoms with Gasteiger partial charge in [0.1, 0.15) is 0 Å². The molecule has 2 heterocycles. The molecular formula is C18H15ClF3N3. The SMILES string of the molecule is Cc1nn(Cc2cccc(Cl)c2)c2nc(C3CC3)cc(C(F)(F)F)c12. The van der Waals surface area contributed by atoms with E-state index in [0.29, 0.717) is 23.0 Å². The first kappa shape index (κ1) is 16.4. The predicted molar refractivity (Wildman–Crippen MR) is 89.8 cm³/mol. The van der Waals surface area contributed by atoms with Gasteiger partial charge in [0, 0.05) is 16.6 Å². The Bertz CT molecular complexity index is 958. The van der Waals surface area contributed by atoms with Crippen molar-refractivity contribution in [1.29, 1.82) is 0 Å². The molecule has 25 heavy (non-hydrogen) atoms. The molecule has 1 fully saturated rings. The fraction of sp³-hybridized carbons (Fsp3) is 0.333. The summed E-state index contributed by atoms with van der Waals surface area (Å²) in [6, 6.07) is 8.39. The van der Waals surface area contributed by atoms with Crippen LogP contribution in [0.4, 0.5) is 13.2 Å². The largest absolute Gasteiger partial charge is 0.417 e. The van der Waals surface area contributed by atoms with E-state index in [1.54, 1.807) is 25.1 Å². The van der Waals surface area contributed by atoms with Gasteiger partial charge >= 0.3 is 6.18 Å². The van der Waals surface area contributed by atoms with Crippen molar-refractivity contribution in [2.24, 2.45) is 0 Å². The summed E-state index contributed by atoms with van der Waals surface area (Å²) in [5.74, 6) is 0.125. The first-order chi connectivity index (χ1) is 11.8. The van der Waals surface area contributed by atoms with E-state index in [-0.39, 0.29) is 17.0 Å². The van der Waals surface area contributed by atoms with Gasteiger partial charge in [0.05, 0.1) is 23.2 Å². The number of hydrogen-bond donors (Lipinski definition) is 0. The maximum absolute atomic E-state index is 13.6. The van der Waals surface area contributed by atoms with Gasteiger partial charge in [-0.3, -0.25) is 0 Å². The number of aryl methyl sites for hydroxylation is 1. The zero-order valence-electron chi connectivity index (χ0n) is 13.4. The monoisotopic (exact) mass is 365 g/mol. The van der Waals surface area contributed by atoms with Gasteiger partial charge < -0.3 is 0 Å².